The topological polar surface area (TPSA) is 116 Å². The lowest BCUT2D eigenvalue weighted by Crippen LogP contribution is -2.27. The van der Waals surface area contributed by atoms with E-state index in [0.29, 0.717) is 16.8 Å². The molecule has 21 heavy (non-hydrogen) atoms. The van der Waals surface area contributed by atoms with Gasteiger partial charge >= 0.3 is 0 Å². The number of nitro benzene ring substituents is 1. The van der Waals surface area contributed by atoms with E-state index in [2.05, 4.69) is 10.4 Å². The molecule has 2 aromatic rings. The van der Waals surface area contributed by atoms with Crippen LogP contribution in [0.1, 0.15) is 17.2 Å². The summed E-state index contributed by atoms with van der Waals surface area (Å²) in [7, 11) is 1.72. The largest absolute Gasteiger partial charge is 0.324 e. The Kier molecular flexibility index (Phi) is 3.99. The van der Waals surface area contributed by atoms with Gasteiger partial charge in [-0.05, 0) is 13.0 Å². The number of aromatic nitrogens is 2. The number of rotatable bonds is 4. The smallest absolute Gasteiger partial charge is 0.274 e. The SMILES string of the molecule is Cc1ccc(NC(=O)C(N)c2cnn(C)c2)cc1[N+](=O)[O-]. The molecule has 0 saturated heterocycles. The van der Waals surface area contributed by atoms with Crippen LogP contribution in [-0.2, 0) is 11.8 Å². The van der Waals surface area contributed by atoms with Gasteiger partial charge in [0.05, 0.1) is 11.1 Å². The van der Waals surface area contributed by atoms with Gasteiger partial charge in [-0.3, -0.25) is 19.6 Å². The van der Waals surface area contributed by atoms with Gasteiger partial charge in [-0.2, -0.15) is 5.10 Å². The van der Waals surface area contributed by atoms with Crippen molar-refractivity contribution >= 4 is 17.3 Å². The van der Waals surface area contributed by atoms with E-state index in [1.165, 1.54) is 12.3 Å². The maximum Gasteiger partial charge on any atom is 0.274 e. The maximum atomic E-state index is 12.0. The fourth-order valence-corrected chi connectivity index (χ4v) is 1.86. The average Bonchev–Trinajstić information content (AvgIpc) is 2.86. The molecule has 0 spiro atoms. The molecule has 1 unspecified atom stereocenters. The zero-order chi connectivity index (χ0) is 15.6. The molecule has 2 rings (SSSR count). The highest BCUT2D eigenvalue weighted by Crippen LogP contribution is 2.23. The highest BCUT2D eigenvalue weighted by atomic mass is 16.6. The Labute approximate surface area is 120 Å². The lowest BCUT2D eigenvalue weighted by Gasteiger charge is -2.11. The van der Waals surface area contributed by atoms with Crippen LogP contribution in [0.3, 0.4) is 0 Å². The Morgan fingerprint density at radius 2 is 2.24 bits per heavy atom. The van der Waals surface area contributed by atoms with Crippen LogP contribution in [0.25, 0.3) is 0 Å². The maximum absolute atomic E-state index is 12.0. The molecule has 3 N–H and O–H groups in total. The van der Waals surface area contributed by atoms with Crippen molar-refractivity contribution in [2.75, 3.05) is 5.32 Å². The van der Waals surface area contributed by atoms with Crippen molar-refractivity contribution in [1.29, 1.82) is 0 Å². The molecule has 0 aliphatic rings. The van der Waals surface area contributed by atoms with Crippen LogP contribution in [0.4, 0.5) is 11.4 Å². The van der Waals surface area contributed by atoms with Crippen molar-refractivity contribution in [3.8, 4) is 0 Å². The third-order valence-corrected chi connectivity index (χ3v) is 3.04. The molecule has 1 heterocycles. The third kappa shape index (κ3) is 3.23. The van der Waals surface area contributed by atoms with E-state index in [1.54, 1.807) is 37.0 Å². The van der Waals surface area contributed by atoms with E-state index in [0.717, 1.165) is 0 Å². The van der Waals surface area contributed by atoms with Crippen LogP contribution >= 0.6 is 0 Å². The average molecular weight is 289 g/mol. The van der Waals surface area contributed by atoms with Gasteiger partial charge in [0.1, 0.15) is 6.04 Å². The predicted octanol–water partition coefficient (Wildman–Crippen LogP) is 1.28. The first kappa shape index (κ1) is 14.7. The van der Waals surface area contributed by atoms with E-state index in [4.69, 9.17) is 5.73 Å². The lowest BCUT2D eigenvalue weighted by molar-refractivity contribution is -0.385. The first-order valence-electron chi connectivity index (χ1n) is 6.18. The minimum absolute atomic E-state index is 0.0530. The van der Waals surface area contributed by atoms with Crippen LogP contribution in [0.2, 0.25) is 0 Å². The second kappa shape index (κ2) is 5.71. The Hall–Kier alpha value is -2.74. The molecule has 0 fully saturated rings. The number of anilines is 1. The number of aryl methyl sites for hydroxylation is 2. The normalized spacial score (nSPS) is 12.0. The molecule has 0 aliphatic carbocycles. The Morgan fingerprint density at radius 3 is 2.81 bits per heavy atom. The first-order chi connectivity index (χ1) is 9.88. The van der Waals surface area contributed by atoms with Crippen molar-refractivity contribution in [3.05, 3.63) is 51.8 Å². The van der Waals surface area contributed by atoms with Gasteiger partial charge in [0, 0.05) is 36.1 Å². The summed E-state index contributed by atoms with van der Waals surface area (Å²) in [4.78, 5) is 22.4. The fraction of sp³-hybridized carbons (Fsp3) is 0.231. The van der Waals surface area contributed by atoms with Crippen molar-refractivity contribution < 1.29 is 9.72 Å². The highest BCUT2D eigenvalue weighted by molar-refractivity contribution is 5.95. The fourth-order valence-electron chi connectivity index (χ4n) is 1.86. The molecule has 8 nitrogen and oxygen atoms in total. The molecular weight excluding hydrogens is 274 g/mol. The molecule has 0 aliphatic heterocycles. The number of amides is 1. The summed E-state index contributed by atoms with van der Waals surface area (Å²) < 4.78 is 1.54. The second-order valence-electron chi connectivity index (χ2n) is 4.67. The number of nitro groups is 1. The first-order valence-corrected chi connectivity index (χ1v) is 6.18. The van der Waals surface area contributed by atoms with E-state index in [-0.39, 0.29) is 5.69 Å². The quantitative estimate of drug-likeness (QED) is 0.649. The van der Waals surface area contributed by atoms with Gasteiger partial charge in [0.2, 0.25) is 5.91 Å². The minimum Gasteiger partial charge on any atom is -0.324 e. The monoisotopic (exact) mass is 289 g/mol. The number of carbonyl (C=O) groups is 1. The number of carbonyl (C=O) groups excluding carboxylic acids is 1. The molecular formula is C13H15N5O3. The van der Waals surface area contributed by atoms with Gasteiger partial charge < -0.3 is 11.1 Å². The Balaban J connectivity index is 2.16. The van der Waals surface area contributed by atoms with E-state index < -0.39 is 16.9 Å². The number of hydrogen-bond acceptors (Lipinski definition) is 5. The van der Waals surface area contributed by atoms with Gasteiger partial charge in [-0.25, -0.2) is 0 Å². The molecule has 1 aromatic heterocycles. The number of hydrogen-bond donors (Lipinski definition) is 2. The van der Waals surface area contributed by atoms with E-state index in [9.17, 15) is 14.9 Å². The van der Waals surface area contributed by atoms with Crippen molar-refractivity contribution in [2.24, 2.45) is 12.8 Å². The van der Waals surface area contributed by atoms with Gasteiger partial charge in [0.15, 0.2) is 0 Å². The van der Waals surface area contributed by atoms with Gasteiger partial charge in [-0.15, -0.1) is 0 Å². The predicted molar refractivity (Wildman–Crippen MR) is 76.6 cm³/mol. The number of nitrogens with two attached hydrogens (primary N) is 1. The summed E-state index contributed by atoms with van der Waals surface area (Å²) >= 11 is 0. The highest BCUT2D eigenvalue weighted by Gasteiger charge is 2.19. The van der Waals surface area contributed by atoms with Crippen molar-refractivity contribution in [2.45, 2.75) is 13.0 Å². The summed E-state index contributed by atoms with van der Waals surface area (Å²) in [5.74, 6) is -0.457. The summed E-state index contributed by atoms with van der Waals surface area (Å²) in [6.45, 7) is 1.63. The molecule has 0 bridgehead atoms. The third-order valence-electron chi connectivity index (χ3n) is 3.04. The zero-order valence-electron chi connectivity index (χ0n) is 11.6. The minimum atomic E-state index is -0.890. The molecule has 1 aromatic carbocycles. The summed E-state index contributed by atoms with van der Waals surface area (Å²) in [6.07, 6.45) is 3.14. The van der Waals surface area contributed by atoms with Crippen LogP contribution in [0, 0.1) is 17.0 Å². The summed E-state index contributed by atoms with van der Waals surface area (Å²) in [5.41, 5.74) is 7.19. The second-order valence-corrected chi connectivity index (χ2v) is 4.67. The molecule has 110 valence electrons. The number of nitrogens with zero attached hydrogens (tertiary/aromatic N) is 3. The van der Waals surface area contributed by atoms with Crippen LogP contribution in [0.15, 0.2) is 30.6 Å². The van der Waals surface area contributed by atoms with Crippen LogP contribution in [0.5, 0.6) is 0 Å². The van der Waals surface area contributed by atoms with E-state index >= 15 is 0 Å². The van der Waals surface area contributed by atoms with Crippen LogP contribution in [-0.4, -0.2) is 20.6 Å². The molecule has 8 heteroatoms. The zero-order valence-corrected chi connectivity index (χ0v) is 11.6. The Morgan fingerprint density at radius 1 is 1.52 bits per heavy atom. The molecule has 1 atom stereocenters. The molecule has 1 amide bonds. The standard InChI is InChI=1S/C13H15N5O3/c1-8-3-4-10(5-11(8)18(20)21)16-13(19)12(14)9-6-15-17(2)7-9/h3-7,12H,14H2,1-2H3,(H,16,19). The van der Waals surface area contributed by atoms with E-state index in [1.807, 2.05) is 0 Å². The number of benzene rings is 1. The summed E-state index contributed by atoms with van der Waals surface area (Å²) in [5, 5.41) is 17.4. The summed E-state index contributed by atoms with van der Waals surface area (Å²) in [6, 6.07) is 3.59. The van der Waals surface area contributed by atoms with Gasteiger partial charge in [0.25, 0.3) is 5.69 Å². The molecule has 0 radical (unpaired) electrons. The number of nitrogens with one attached hydrogen (secondary N) is 1. The van der Waals surface area contributed by atoms with Crippen molar-refractivity contribution in [1.82, 2.24) is 9.78 Å². The Bertz CT molecular complexity index is 695. The van der Waals surface area contributed by atoms with Crippen LogP contribution < -0.4 is 11.1 Å². The lowest BCUT2D eigenvalue weighted by atomic mass is 10.1. The van der Waals surface area contributed by atoms with Crippen molar-refractivity contribution in [3.63, 3.8) is 0 Å². The van der Waals surface area contributed by atoms with Gasteiger partial charge in [-0.1, -0.05) is 6.07 Å². The molecule has 0 saturated carbocycles.